The van der Waals surface area contributed by atoms with Crippen LogP contribution in [0.15, 0.2) is 0 Å². The van der Waals surface area contributed by atoms with Gasteiger partial charge in [0.15, 0.2) is 0 Å². The summed E-state index contributed by atoms with van der Waals surface area (Å²) in [5.41, 5.74) is 0. The van der Waals surface area contributed by atoms with Gasteiger partial charge in [0.1, 0.15) is 0 Å². The maximum atomic E-state index is 10.5. The fourth-order valence-electron chi connectivity index (χ4n) is 0.651. The highest BCUT2D eigenvalue weighted by atomic mass is 32.2. The zero-order valence-electron chi connectivity index (χ0n) is 8.80. The number of hydrogen-bond acceptors (Lipinski definition) is 4. The van der Waals surface area contributed by atoms with Gasteiger partial charge in [-0.2, -0.15) is 23.5 Å². The quantitative estimate of drug-likeness (QED) is 0.507. The molecule has 0 radical (unpaired) electrons. The van der Waals surface area contributed by atoms with Crippen LogP contribution in [0.25, 0.3) is 0 Å². The average Bonchev–Trinajstić information content (AvgIpc) is 2.16. The third-order valence-electron chi connectivity index (χ3n) is 1.75. The minimum atomic E-state index is -0.786. The molecule has 0 saturated carbocycles. The lowest BCUT2D eigenvalue weighted by Gasteiger charge is -2.07. The summed E-state index contributed by atoms with van der Waals surface area (Å²) >= 11 is 3.07. The summed E-state index contributed by atoms with van der Waals surface area (Å²) in [7, 11) is 0. The molecule has 88 valence electrons. The van der Waals surface area contributed by atoms with Crippen molar-refractivity contribution in [2.24, 2.45) is 11.8 Å². The Balaban J connectivity index is 3.40. The van der Waals surface area contributed by atoms with Crippen LogP contribution in [0.3, 0.4) is 0 Å². The maximum absolute atomic E-state index is 10.5. The molecule has 2 N–H and O–H groups in total. The van der Waals surface area contributed by atoms with Crippen LogP contribution < -0.4 is 0 Å². The third-order valence-corrected chi connectivity index (χ3v) is 4.55. The molecular weight excluding hydrogens is 236 g/mol. The highest BCUT2D eigenvalue weighted by molar-refractivity contribution is 8.16. The zero-order chi connectivity index (χ0) is 11.8. The summed E-state index contributed by atoms with van der Waals surface area (Å²) in [6.07, 6.45) is 0. The van der Waals surface area contributed by atoms with Gasteiger partial charge in [0, 0.05) is 16.6 Å². The Bertz CT molecular complexity index is 198. The minimum absolute atomic E-state index is 0.340. The van der Waals surface area contributed by atoms with E-state index in [4.69, 9.17) is 10.2 Å². The molecule has 6 heteroatoms. The van der Waals surface area contributed by atoms with E-state index < -0.39 is 11.9 Å². The van der Waals surface area contributed by atoms with Crippen LogP contribution in [-0.2, 0) is 9.59 Å². The Morgan fingerprint density at radius 3 is 1.60 bits per heavy atom. The second kappa shape index (κ2) is 7.87. The van der Waals surface area contributed by atoms with Gasteiger partial charge in [-0.25, -0.2) is 0 Å². The van der Waals surface area contributed by atoms with Gasteiger partial charge in [-0.1, -0.05) is 13.8 Å². The van der Waals surface area contributed by atoms with Gasteiger partial charge in [-0.15, -0.1) is 0 Å². The van der Waals surface area contributed by atoms with Crippen molar-refractivity contribution < 1.29 is 19.8 Å². The van der Waals surface area contributed by atoms with Gasteiger partial charge in [-0.3, -0.25) is 9.59 Å². The summed E-state index contributed by atoms with van der Waals surface area (Å²) in [4.78, 5) is 20.9. The Kier molecular flexibility index (Phi) is 7.68. The molecule has 15 heavy (non-hydrogen) atoms. The molecule has 0 heterocycles. The highest BCUT2D eigenvalue weighted by Crippen LogP contribution is 2.17. The van der Waals surface area contributed by atoms with Crippen molar-refractivity contribution in [2.75, 3.05) is 16.6 Å². The molecule has 0 aromatic rings. The fraction of sp³-hybridized carbons (Fsp3) is 0.778. The monoisotopic (exact) mass is 252 g/mol. The number of rotatable bonds is 8. The maximum Gasteiger partial charge on any atom is 0.307 e. The van der Waals surface area contributed by atoms with E-state index in [1.54, 1.807) is 13.8 Å². The van der Waals surface area contributed by atoms with E-state index >= 15 is 0 Å². The first-order valence-electron chi connectivity index (χ1n) is 4.56. The lowest BCUT2D eigenvalue weighted by Crippen LogP contribution is -2.13. The Morgan fingerprint density at radius 1 is 1.00 bits per heavy atom. The molecule has 0 aliphatic carbocycles. The highest BCUT2D eigenvalue weighted by Gasteiger charge is 2.12. The number of thioether (sulfide) groups is 2. The molecule has 0 amide bonds. The number of aliphatic carboxylic acids is 2. The Morgan fingerprint density at radius 2 is 1.33 bits per heavy atom. The Hall–Kier alpha value is -0.360. The standard InChI is InChI=1S/C9H16O4S2/c1-6(8(10)11)3-14-5-15-4-7(2)9(12)13/h6-7H,3-5H2,1-2H3,(H,10,11)(H,12,13). The molecule has 0 spiro atoms. The number of carboxylic acid groups (broad SMARTS) is 2. The smallest absolute Gasteiger partial charge is 0.307 e. The van der Waals surface area contributed by atoms with Gasteiger partial charge in [0.25, 0.3) is 0 Å². The first kappa shape index (κ1) is 14.6. The normalized spacial score (nSPS) is 14.5. The van der Waals surface area contributed by atoms with Gasteiger partial charge in [0.05, 0.1) is 11.8 Å². The van der Waals surface area contributed by atoms with E-state index in [1.165, 1.54) is 23.5 Å². The second-order valence-electron chi connectivity index (χ2n) is 3.34. The summed E-state index contributed by atoms with van der Waals surface area (Å²) in [5.74, 6) is -1.11. The van der Waals surface area contributed by atoms with E-state index in [-0.39, 0.29) is 11.8 Å². The predicted octanol–water partition coefficient (Wildman–Crippen LogP) is 1.85. The fourth-order valence-corrected chi connectivity index (χ4v) is 2.88. The molecule has 0 aromatic carbocycles. The number of carboxylic acids is 2. The van der Waals surface area contributed by atoms with E-state index in [0.29, 0.717) is 11.5 Å². The average molecular weight is 252 g/mol. The van der Waals surface area contributed by atoms with Crippen molar-refractivity contribution in [1.82, 2.24) is 0 Å². The summed E-state index contributed by atoms with van der Waals surface area (Å²) in [6, 6.07) is 0. The molecule has 0 rings (SSSR count). The molecule has 0 fully saturated rings. The van der Waals surface area contributed by atoms with Crippen LogP contribution in [-0.4, -0.2) is 38.7 Å². The van der Waals surface area contributed by atoms with Crippen LogP contribution in [0.1, 0.15) is 13.8 Å². The first-order valence-corrected chi connectivity index (χ1v) is 6.87. The van der Waals surface area contributed by atoms with Gasteiger partial charge < -0.3 is 10.2 Å². The van der Waals surface area contributed by atoms with Gasteiger partial charge in [0.2, 0.25) is 0 Å². The van der Waals surface area contributed by atoms with Crippen LogP contribution in [0.5, 0.6) is 0 Å². The Labute approximate surface area is 97.8 Å². The van der Waals surface area contributed by atoms with Crippen molar-refractivity contribution in [3.8, 4) is 0 Å². The third kappa shape index (κ3) is 7.56. The summed E-state index contributed by atoms with van der Waals surface area (Å²) in [6.45, 7) is 3.33. The summed E-state index contributed by atoms with van der Waals surface area (Å²) < 4.78 is 0. The second-order valence-corrected chi connectivity index (χ2v) is 5.76. The van der Waals surface area contributed by atoms with Gasteiger partial charge >= 0.3 is 11.9 Å². The molecular formula is C9H16O4S2. The van der Waals surface area contributed by atoms with Crippen molar-refractivity contribution in [1.29, 1.82) is 0 Å². The SMILES string of the molecule is CC(CSCSCC(C)C(=O)O)C(=O)O. The molecule has 4 nitrogen and oxygen atoms in total. The van der Waals surface area contributed by atoms with Crippen molar-refractivity contribution in [2.45, 2.75) is 13.8 Å². The van der Waals surface area contributed by atoms with E-state index in [9.17, 15) is 9.59 Å². The lowest BCUT2D eigenvalue weighted by atomic mass is 10.2. The topological polar surface area (TPSA) is 74.6 Å². The number of carbonyl (C=O) groups is 2. The van der Waals surface area contributed by atoms with E-state index in [0.717, 1.165) is 5.08 Å². The molecule has 0 aromatic heterocycles. The van der Waals surface area contributed by atoms with Crippen LogP contribution >= 0.6 is 23.5 Å². The lowest BCUT2D eigenvalue weighted by molar-refractivity contribution is -0.141. The van der Waals surface area contributed by atoms with Crippen molar-refractivity contribution in [3.05, 3.63) is 0 Å². The molecule has 2 unspecified atom stereocenters. The van der Waals surface area contributed by atoms with Crippen LogP contribution in [0.4, 0.5) is 0 Å². The van der Waals surface area contributed by atoms with Crippen LogP contribution in [0, 0.1) is 11.8 Å². The van der Waals surface area contributed by atoms with Gasteiger partial charge in [-0.05, 0) is 0 Å². The van der Waals surface area contributed by atoms with Crippen LogP contribution in [0.2, 0.25) is 0 Å². The van der Waals surface area contributed by atoms with E-state index in [1.807, 2.05) is 0 Å². The van der Waals surface area contributed by atoms with Crippen molar-refractivity contribution >= 4 is 35.5 Å². The minimum Gasteiger partial charge on any atom is -0.481 e. The first-order chi connectivity index (χ1) is 6.95. The van der Waals surface area contributed by atoms with E-state index in [2.05, 4.69) is 0 Å². The molecule has 0 bridgehead atoms. The number of hydrogen-bond donors (Lipinski definition) is 2. The zero-order valence-corrected chi connectivity index (χ0v) is 10.4. The van der Waals surface area contributed by atoms with Crippen molar-refractivity contribution in [3.63, 3.8) is 0 Å². The molecule has 0 aliphatic heterocycles. The largest absolute Gasteiger partial charge is 0.481 e. The molecule has 0 aliphatic rings. The molecule has 2 atom stereocenters. The molecule has 0 saturated heterocycles. The predicted molar refractivity (Wildman–Crippen MR) is 63.4 cm³/mol. The summed E-state index contributed by atoms with van der Waals surface area (Å²) in [5, 5.41) is 17.9.